The topological polar surface area (TPSA) is 93.4 Å². The minimum Gasteiger partial charge on any atom is -0.457 e. The minimum absolute atomic E-state index is 0.0357. The van der Waals surface area contributed by atoms with Gasteiger partial charge in [-0.3, -0.25) is 9.59 Å². The molecule has 2 fully saturated rings. The molecule has 6 nitrogen and oxygen atoms in total. The van der Waals surface area contributed by atoms with Gasteiger partial charge in [0.15, 0.2) is 0 Å². The second-order valence-corrected chi connectivity index (χ2v) is 10.1. The predicted octanol–water partition coefficient (Wildman–Crippen LogP) is 3.85. The molecule has 1 saturated carbocycles. The van der Waals surface area contributed by atoms with E-state index in [0.29, 0.717) is 11.5 Å². The van der Waals surface area contributed by atoms with Crippen LogP contribution < -0.4 is 21.1 Å². The Hall–Kier alpha value is -2.58. The number of amides is 2. The zero-order valence-corrected chi connectivity index (χ0v) is 18.9. The van der Waals surface area contributed by atoms with E-state index in [0.717, 1.165) is 50.1 Å². The molecular formula is C24H28FN3O3S. The first-order chi connectivity index (χ1) is 15.3. The van der Waals surface area contributed by atoms with Gasteiger partial charge in [0.1, 0.15) is 17.3 Å². The molecule has 2 aromatic rings. The number of hydrogen-bond donors (Lipinski definition) is 3. The molecule has 4 N–H and O–H groups in total. The maximum Gasteiger partial charge on any atom is 0.254 e. The molecule has 1 atom stereocenters. The van der Waals surface area contributed by atoms with Crippen molar-refractivity contribution in [3.05, 3.63) is 53.8 Å². The second kappa shape index (κ2) is 9.11. The molecule has 32 heavy (non-hydrogen) atoms. The number of carbonyl (C=O) groups is 2. The lowest BCUT2D eigenvalue weighted by atomic mass is 9.77. The maximum atomic E-state index is 14.2. The number of primary amides is 1. The number of rotatable bonds is 6. The van der Waals surface area contributed by atoms with E-state index in [-0.39, 0.29) is 16.9 Å². The van der Waals surface area contributed by atoms with Crippen LogP contribution in [0.5, 0.6) is 11.5 Å². The molecule has 2 aromatic carbocycles. The summed E-state index contributed by atoms with van der Waals surface area (Å²) in [4.78, 5) is 25.1. The van der Waals surface area contributed by atoms with Crippen LogP contribution in [0.4, 0.5) is 4.39 Å². The number of thioether (sulfide) groups is 1. The number of nitrogens with one attached hydrogen (secondary N) is 2. The molecule has 1 aliphatic heterocycles. The van der Waals surface area contributed by atoms with Crippen LogP contribution in [0.25, 0.3) is 0 Å². The molecule has 0 radical (unpaired) electrons. The number of ether oxygens (including phenoxy) is 1. The Balaban J connectivity index is 1.45. The molecule has 2 aliphatic rings. The smallest absolute Gasteiger partial charge is 0.254 e. The third kappa shape index (κ3) is 4.61. The Kier molecular flexibility index (Phi) is 6.44. The fourth-order valence-electron chi connectivity index (χ4n) is 4.80. The normalized spacial score (nSPS) is 21.9. The number of piperidine rings is 1. The van der Waals surface area contributed by atoms with Gasteiger partial charge >= 0.3 is 0 Å². The van der Waals surface area contributed by atoms with Gasteiger partial charge in [0.25, 0.3) is 5.91 Å². The highest BCUT2D eigenvalue weighted by molar-refractivity contribution is 8.01. The Morgan fingerprint density at radius 3 is 2.38 bits per heavy atom. The van der Waals surface area contributed by atoms with Crippen LogP contribution in [0.2, 0.25) is 0 Å². The molecule has 1 unspecified atom stereocenters. The maximum absolute atomic E-state index is 14.2. The van der Waals surface area contributed by atoms with Gasteiger partial charge in [-0.1, -0.05) is 0 Å². The zero-order valence-electron chi connectivity index (χ0n) is 18.1. The zero-order chi connectivity index (χ0) is 22.8. The first kappa shape index (κ1) is 22.6. The molecule has 4 rings (SSSR count). The summed E-state index contributed by atoms with van der Waals surface area (Å²) in [5, 5.41) is 5.80. The summed E-state index contributed by atoms with van der Waals surface area (Å²) < 4.78 is 19.3. The number of nitrogens with two attached hydrogens (primary N) is 1. The fraction of sp³-hybridized carbons (Fsp3) is 0.417. The Morgan fingerprint density at radius 1 is 1.06 bits per heavy atom. The van der Waals surface area contributed by atoms with Gasteiger partial charge in [-0.15, -0.1) is 11.8 Å². The summed E-state index contributed by atoms with van der Waals surface area (Å²) in [7, 11) is 1.45. The highest BCUT2D eigenvalue weighted by Crippen LogP contribution is 2.56. The average molecular weight is 458 g/mol. The highest BCUT2D eigenvalue weighted by atomic mass is 32.2. The van der Waals surface area contributed by atoms with Gasteiger partial charge in [0.2, 0.25) is 5.91 Å². The van der Waals surface area contributed by atoms with E-state index in [1.165, 1.54) is 19.2 Å². The summed E-state index contributed by atoms with van der Waals surface area (Å²) in [5.41, 5.74) is 6.07. The molecule has 1 saturated heterocycles. The van der Waals surface area contributed by atoms with Gasteiger partial charge in [-0.2, -0.15) is 0 Å². The predicted molar refractivity (Wildman–Crippen MR) is 122 cm³/mol. The van der Waals surface area contributed by atoms with Crippen LogP contribution in [-0.2, 0) is 4.79 Å². The van der Waals surface area contributed by atoms with Crippen LogP contribution in [0.3, 0.4) is 0 Å². The molecule has 1 aliphatic carbocycles. The molecule has 0 aromatic heterocycles. The molecule has 1 heterocycles. The fourth-order valence-corrected chi connectivity index (χ4v) is 6.20. The van der Waals surface area contributed by atoms with E-state index < -0.39 is 16.5 Å². The summed E-state index contributed by atoms with van der Waals surface area (Å²) >= 11 is 1.54. The molecule has 1 spiro atoms. The number of carbonyl (C=O) groups excluding carboxylic acids is 2. The van der Waals surface area contributed by atoms with Crippen molar-refractivity contribution in [1.82, 2.24) is 10.6 Å². The number of hydrogen-bond acceptors (Lipinski definition) is 5. The van der Waals surface area contributed by atoms with Gasteiger partial charge in [-0.25, -0.2) is 4.39 Å². The lowest BCUT2D eigenvalue weighted by Crippen LogP contribution is -2.42. The van der Waals surface area contributed by atoms with Crippen LogP contribution >= 0.6 is 11.8 Å². The van der Waals surface area contributed by atoms with Crippen LogP contribution in [0.1, 0.15) is 42.5 Å². The van der Waals surface area contributed by atoms with Gasteiger partial charge in [-0.05, 0) is 87.0 Å². The van der Waals surface area contributed by atoms with Crippen molar-refractivity contribution in [3.8, 4) is 11.5 Å². The van der Waals surface area contributed by atoms with Crippen molar-refractivity contribution in [2.75, 3.05) is 20.1 Å². The van der Waals surface area contributed by atoms with Crippen LogP contribution in [0.15, 0.2) is 47.4 Å². The van der Waals surface area contributed by atoms with E-state index in [1.54, 1.807) is 30.0 Å². The monoisotopic (exact) mass is 457 g/mol. The van der Waals surface area contributed by atoms with E-state index in [1.807, 2.05) is 12.1 Å². The quantitative estimate of drug-likeness (QED) is 0.613. The summed E-state index contributed by atoms with van der Waals surface area (Å²) in [6.45, 7) is 1.99. The first-order valence-electron chi connectivity index (χ1n) is 10.8. The SMILES string of the molecule is CNC(=O)c1ccc(Oc2ccc(SC3(C(N)=O)CCC4(CCNCC4)C3)cc2)cc1F. The number of benzene rings is 2. The lowest BCUT2D eigenvalue weighted by Gasteiger charge is -2.35. The van der Waals surface area contributed by atoms with E-state index in [4.69, 9.17) is 10.5 Å². The van der Waals surface area contributed by atoms with Crippen molar-refractivity contribution < 1.29 is 18.7 Å². The molecular weight excluding hydrogens is 429 g/mol. The molecule has 170 valence electrons. The van der Waals surface area contributed by atoms with Crippen molar-refractivity contribution in [3.63, 3.8) is 0 Å². The first-order valence-corrected chi connectivity index (χ1v) is 11.7. The summed E-state index contributed by atoms with van der Waals surface area (Å²) in [5.74, 6) is -0.545. The largest absolute Gasteiger partial charge is 0.457 e. The van der Waals surface area contributed by atoms with Gasteiger partial charge in [0, 0.05) is 18.0 Å². The Bertz CT molecular complexity index is 1010. The summed E-state index contributed by atoms with van der Waals surface area (Å²) in [6, 6.07) is 11.5. The third-order valence-corrected chi connectivity index (χ3v) is 8.07. The Morgan fingerprint density at radius 2 is 1.75 bits per heavy atom. The third-order valence-electron chi connectivity index (χ3n) is 6.62. The highest BCUT2D eigenvalue weighted by Gasteiger charge is 2.52. The van der Waals surface area contributed by atoms with Crippen molar-refractivity contribution in [1.29, 1.82) is 0 Å². The van der Waals surface area contributed by atoms with E-state index in [2.05, 4.69) is 10.6 Å². The average Bonchev–Trinajstić information content (AvgIpc) is 3.14. The van der Waals surface area contributed by atoms with Crippen molar-refractivity contribution in [2.24, 2.45) is 11.1 Å². The summed E-state index contributed by atoms with van der Waals surface area (Å²) in [6.07, 6.45) is 4.82. The molecule has 0 bridgehead atoms. The standard InChI is InChI=1S/C24H28FN3O3S/c1-27-21(29)19-7-4-17(14-20(19)25)31-16-2-5-18(6-3-16)32-24(22(26)30)9-8-23(15-24)10-12-28-13-11-23/h2-7,14,28H,8-13,15H2,1H3,(H2,26,30)(H,27,29). The lowest BCUT2D eigenvalue weighted by molar-refractivity contribution is -0.120. The van der Waals surface area contributed by atoms with Gasteiger partial charge < -0.3 is 21.1 Å². The van der Waals surface area contributed by atoms with E-state index >= 15 is 0 Å². The second-order valence-electron chi connectivity index (χ2n) is 8.68. The molecule has 2 amide bonds. The minimum atomic E-state index is -0.648. The van der Waals surface area contributed by atoms with Gasteiger partial charge in [0.05, 0.1) is 10.3 Å². The molecule has 8 heteroatoms. The Labute approximate surface area is 191 Å². The number of halogens is 1. The van der Waals surface area contributed by atoms with E-state index in [9.17, 15) is 14.0 Å². The van der Waals surface area contributed by atoms with Crippen molar-refractivity contribution in [2.45, 2.75) is 41.7 Å². The van der Waals surface area contributed by atoms with Crippen LogP contribution in [0, 0.1) is 11.2 Å². The van der Waals surface area contributed by atoms with Crippen LogP contribution in [-0.4, -0.2) is 36.7 Å². The van der Waals surface area contributed by atoms with Crippen molar-refractivity contribution >= 4 is 23.6 Å².